The molecule has 1 fully saturated rings. The van der Waals surface area contributed by atoms with Crippen molar-refractivity contribution in [3.63, 3.8) is 0 Å². The van der Waals surface area contributed by atoms with E-state index in [1.807, 2.05) is 0 Å². The van der Waals surface area contributed by atoms with E-state index in [9.17, 15) is 9.59 Å². The number of carbonyl (C=O) groups excluding carboxylic acids is 1. The van der Waals surface area contributed by atoms with Gasteiger partial charge in [-0.15, -0.1) is 6.58 Å². The largest absolute Gasteiger partial charge is 0.480 e. The van der Waals surface area contributed by atoms with E-state index in [1.165, 1.54) is 4.90 Å². The number of hydrogen-bond donors (Lipinski definition) is 1. The normalized spacial score (nSPS) is 17.6. The van der Waals surface area contributed by atoms with Gasteiger partial charge in [-0.05, 0) is 18.3 Å². The molecule has 0 aliphatic carbocycles. The number of aliphatic carboxylic acids is 1. The van der Waals surface area contributed by atoms with Gasteiger partial charge in [0.2, 0.25) is 0 Å². The quantitative estimate of drug-likeness (QED) is 0.762. The molecule has 0 bridgehead atoms. The lowest BCUT2D eigenvalue weighted by Crippen LogP contribution is -2.50. The van der Waals surface area contributed by atoms with E-state index in [1.54, 1.807) is 11.0 Å². The summed E-state index contributed by atoms with van der Waals surface area (Å²) in [5, 5.41) is 8.87. The minimum atomic E-state index is -0.992. The summed E-state index contributed by atoms with van der Waals surface area (Å²) in [6, 6.07) is -0.187. The third-order valence-electron chi connectivity index (χ3n) is 4.54. The second kappa shape index (κ2) is 7.31. The topological polar surface area (TPSA) is 60.9 Å². The Morgan fingerprint density at radius 3 is 2.25 bits per heavy atom. The van der Waals surface area contributed by atoms with Gasteiger partial charge in [-0.2, -0.15) is 0 Å². The molecule has 1 aliphatic heterocycles. The van der Waals surface area contributed by atoms with Crippen molar-refractivity contribution in [2.75, 3.05) is 26.2 Å². The minimum absolute atomic E-state index is 0.187. The molecule has 1 saturated heterocycles. The van der Waals surface area contributed by atoms with Crippen LogP contribution in [-0.2, 0) is 4.79 Å². The van der Waals surface area contributed by atoms with Crippen molar-refractivity contribution in [3.05, 3.63) is 12.7 Å². The van der Waals surface area contributed by atoms with Gasteiger partial charge < -0.3 is 14.9 Å². The van der Waals surface area contributed by atoms with E-state index < -0.39 is 5.97 Å². The first-order chi connectivity index (χ1) is 9.48. The monoisotopic (exact) mass is 282 g/mol. The van der Waals surface area contributed by atoms with Crippen molar-refractivity contribution in [1.29, 1.82) is 0 Å². The summed E-state index contributed by atoms with van der Waals surface area (Å²) in [6.45, 7) is 9.42. The lowest BCUT2D eigenvalue weighted by Gasteiger charge is -2.42. The number of rotatable bonds is 6. The maximum atomic E-state index is 12.4. The first kappa shape index (κ1) is 16.5. The van der Waals surface area contributed by atoms with Crippen molar-refractivity contribution in [3.8, 4) is 0 Å². The molecule has 0 aromatic carbocycles. The smallest absolute Gasteiger partial charge is 0.323 e. The van der Waals surface area contributed by atoms with E-state index in [-0.39, 0.29) is 19.1 Å². The highest BCUT2D eigenvalue weighted by atomic mass is 16.4. The average Bonchev–Trinajstić information content (AvgIpc) is 2.46. The highest BCUT2D eigenvalue weighted by Gasteiger charge is 2.34. The average molecular weight is 282 g/mol. The molecule has 20 heavy (non-hydrogen) atoms. The lowest BCUT2D eigenvalue weighted by atomic mass is 9.74. The number of hydrogen-bond acceptors (Lipinski definition) is 2. The van der Waals surface area contributed by atoms with Crippen molar-refractivity contribution >= 4 is 12.0 Å². The van der Waals surface area contributed by atoms with E-state index in [0.29, 0.717) is 18.5 Å². The summed E-state index contributed by atoms with van der Waals surface area (Å²) in [7, 11) is 0. The molecule has 0 aromatic rings. The van der Waals surface area contributed by atoms with Crippen LogP contribution in [0.1, 0.15) is 39.5 Å². The number of carboxylic acids is 1. The molecule has 1 aliphatic rings. The molecule has 0 radical (unpaired) electrons. The van der Waals surface area contributed by atoms with Gasteiger partial charge in [0, 0.05) is 19.6 Å². The fourth-order valence-electron chi connectivity index (χ4n) is 2.86. The molecule has 114 valence electrons. The van der Waals surface area contributed by atoms with Gasteiger partial charge in [0.25, 0.3) is 0 Å². The molecule has 5 heteroatoms. The first-order valence-electron chi connectivity index (χ1n) is 7.34. The Morgan fingerprint density at radius 2 is 1.85 bits per heavy atom. The van der Waals surface area contributed by atoms with Crippen LogP contribution >= 0.6 is 0 Å². The standard InChI is InChI=1S/C15H26N2O3/c1-4-9-17(12-13(18)19)14(20)16-10-7-15(5-2,6-3)8-11-16/h4H,1,5-12H2,2-3H3,(H,18,19). The van der Waals surface area contributed by atoms with Gasteiger partial charge in [0.15, 0.2) is 0 Å². The van der Waals surface area contributed by atoms with Crippen LogP contribution in [0.15, 0.2) is 12.7 Å². The number of carbonyl (C=O) groups is 2. The summed E-state index contributed by atoms with van der Waals surface area (Å²) >= 11 is 0. The molecule has 0 atom stereocenters. The predicted molar refractivity (Wildman–Crippen MR) is 78.6 cm³/mol. The van der Waals surface area contributed by atoms with Crippen molar-refractivity contribution < 1.29 is 14.7 Å². The first-order valence-corrected chi connectivity index (χ1v) is 7.34. The van der Waals surface area contributed by atoms with Crippen LogP contribution < -0.4 is 0 Å². The predicted octanol–water partition coefficient (Wildman–Crippen LogP) is 2.58. The van der Waals surface area contributed by atoms with E-state index in [0.717, 1.165) is 25.7 Å². The van der Waals surface area contributed by atoms with Crippen molar-refractivity contribution in [2.24, 2.45) is 5.41 Å². The Kier molecular flexibility index (Phi) is 6.05. The van der Waals surface area contributed by atoms with Crippen LogP contribution in [0.5, 0.6) is 0 Å². The Labute approximate surface area is 121 Å². The van der Waals surface area contributed by atoms with Gasteiger partial charge >= 0.3 is 12.0 Å². The van der Waals surface area contributed by atoms with Crippen LogP contribution in [0.25, 0.3) is 0 Å². The van der Waals surface area contributed by atoms with Crippen LogP contribution in [0.2, 0.25) is 0 Å². The Bertz CT molecular complexity index is 354. The number of nitrogens with zero attached hydrogens (tertiary/aromatic N) is 2. The summed E-state index contributed by atoms with van der Waals surface area (Å²) in [6.07, 6.45) is 5.84. The summed E-state index contributed by atoms with van der Waals surface area (Å²) in [5.41, 5.74) is 0.354. The SMILES string of the molecule is C=CCN(CC(=O)O)C(=O)N1CCC(CC)(CC)CC1. The molecule has 5 nitrogen and oxygen atoms in total. The molecular weight excluding hydrogens is 256 g/mol. The molecule has 0 aromatic heterocycles. The molecule has 1 rings (SSSR count). The Morgan fingerprint density at radius 1 is 1.30 bits per heavy atom. The number of urea groups is 1. The van der Waals surface area contributed by atoms with Crippen molar-refractivity contribution in [1.82, 2.24) is 9.80 Å². The van der Waals surface area contributed by atoms with Gasteiger partial charge in [0.05, 0.1) is 0 Å². The van der Waals surface area contributed by atoms with Gasteiger partial charge in [-0.3, -0.25) is 4.79 Å². The molecule has 0 spiro atoms. The number of carboxylic acid groups (broad SMARTS) is 1. The zero-order chi connectivity index (χ0) is 15.2. The fourth-order valence-corrected chi connectivity index (χ4v) is 2.86. The third kappa shape index (κ3) is 3.99. The fraction of sp³-hybridized carbons (Fsp3) is 0.733. The highest BCUT2D eigenvalue weighted by Crippen LogP contribution is 2.38. The lowest BCUT2D eigenvalue weighted by molar-refractivity contribution is -0.137. The summed E-state index contributed by atoms with van der Waals surface area (Å²) < 4.78 is 0. The van der Waals surface area contributed by atoms with Gasteiger partial charge in [-0.1, -0.05) is 32.8 Å². The van der Waals surface area contributed by atoms with E-state index in [4.69, 9.17) is 5.11 Å². The highest BCUT2D eigenvalue weighted by molar-refractivity contribution is 5.80. The minimum Gasteiger partial charge on any atom is -0.480 e. The van der Waals surface area contributed by atoms with E-state index >= 15 is 0 Å². The number of piperidine rings is 1. The summed E-state index contributed by atoms with van der Waals surface area (Å²) in [5.74, 6) is -0.992. The Hall–Kier alpha value is -1.52. The molecule has 2 amide bonds. The van der Waals surface area contributed by atoms with Crippen molar-refractivity contribution in [2.45, 2.75) is 39.5 Å². The van der Waals surface area contributed by atoms with Gasteiger partial charge in [0.1, 0.15) is 6.54 Å². The molecule has 1 N–H and O–H groups in total. The molecular formula is C15H26N2O3. The zero-order valence-electron chi connectivity index (χ0n) is 12.6. The second-order valence-corrected chi connectivity index (χ2v) is 5.54. The molecule has 1 heterocycles. The zero-order valence-corrected chi connectivity index (χ0v) is 12.6. The van der Waals surface area contributed by atoms with Crippen LogP contribution in [-0.4, -0.2) is 53.1 Å². The maximum absolute atomic E-state index is 12.4. The number of amides is 2. The molecule has 0 saturated carbocycles. The van der Waals surface area contributed by atoms with Crippen LogP contribution in [0.3, 0.4) is 0 Å². The van der Waals surface area contributed by atoms with Crippen LogP contribution in [0.4, 0.5) is 4.79 Å². The molecule has 0 unspecified atom stereocenters. The third-order valence-corrected chi connectivity index (χ3v) is 4.54. The van der Waals surface area contributed by atoms with E-state index in [2.05, 4.69) is 20.4 Å². The maximum Gasteiger partial charge on any atom is 0.323 e. The Balaban J connectivity index is 2.64. The number of likely N-dealkylation sites (tertiary alicyclic amines) is 1. The summed E-state index contributed by atoms with van der Waals surface area (Å²) in [4.78, 5) is 26.3. The van der Waals surface area contributed by atoms with Crippen LogP contribution in [0, 0.1) is 5.41 Å². The second-order valence-electron chi connectivity index (χ2n) is 5.54. The van der Waals surface area contributed by atoms with Gasteiger partial charge in [-0.25, -0.2) is 4.79 Å².